The molecule has 0 bridgehead atoms. The number of phenols is 1. The van der Waals surface area contributed by atoms with Crippen molar-refractivity contribution in [3.63, 3.8) is 0 Å². The molecule has 0 aliphatic carbocycles. The van der Waals surface area contributed by atoms with E-state index in [0.29, 0.717) is 5.56 Å². The van der Waals surface area contributed by atoms with E-state index in [2.05, 4.69) is 0 Å². The van der Waals surface area contributed by atoms with E-state index < -0.39 is 0 Å². The van der Waals surface area contributed by atoms with Crippen LogP contribution in [0.4, 0.5) is 0 Å². The van der Waals surface area contributed by atoms with Gasteiger partial charge in [0.15, 0.2) is 0 Å². The van der Waals surface area contributed by atoms with Gasteiger partial charge >= 0.3 is 0 Å². The first kappa shape index (κ1) is 13.4. The fraction of sp³-hybridized carbons (Fsp3) is 0.312. The van der Waals surface area contributed by atoms with E-state index >= 15 is 0 Å². The Morgan fingerprint density at radius 3 is 2.42 bits per heavy atom. The van der Waals surface area contributed by atoms with Crippen molar-refractivity contribution < 1.29 is 9.90 Å². The average molecular weight is 257 g/mol. The van der Waals surface area contributed by atoms with E-state index in [1.165, 1.54) is 0 Å². The number of aromatic hydroxyl groups is 1. The maximum Gasteiger partial charge on any atom is 0.257 e. The molecule has 0 radical (unpaired) electrons. The van der Waals surface area contributed by atoms with Crippen molar-refractivity contribution in [2.24, 2.45) is 0 Å². The molecule has 2 aromatic carbocycles. The number of carbonyl (C=O) groups is 1. The highest BCUT2D eigenvalue weighted by Crippen LogP contribution is 2.26. The fourth-order valence-corrected chi connectivity index (χ4v) is 2.06. The monoisotopic (exact) mass is 257 g/mol. The van der Waals surface area contributed by atoms with Crippen LogP contribution in [0.15, 0.2) is 36.4 Å². The van der Waals surface area contributed by atoms with Gasteiger partial charge in [0.05, 0.1) is 5.56 Å². The predicted molar refractivity (Wildman–Crippen MR) is 77.5 cm³/mol. The van der Waals surface area contributed by atoms with Gasteiger partial charge in [-0.05, 0) is 36.2 Å². The van der Waals surface area contributed by atoms with Crippen molar-refractivity contribution in [2.45, 2.75) is 26.3 Å². The van der Waals surface area contributed by atoms with E-state index in [1.807, 2.05) is 38.1 Å². The van der Waals surface area contributed by atoms with E-state index in [9.17, 15) is 9.90 Å². The molecule has 19 heavy (non-hydrogen) atoms. The van der Waals surface area contributed by atoms with Crippen LogP contribution in [-0.4, -0.2) is 29.0 Å². The van der Waals surface area contributed by atoms with Gasteiger partial charge in [0, 0.05) is 13.1 Å². The van der Waals surface area contributed by atoms with Gasteiger partial charge in [-0.2, -0.15) is 0 Å². The molecule has 0 heterocycles. The molecule has 1 amide bonds. The number of phenolic OH excluding ortho intramolecular Hbond substituents is 1. The number of fused-ring (bicyclic) bond motifs is 1. The maximum atomic E-state index is 12.4. The molecule has 2 aromatic rings. The highest BCUT2D eigenvalue weighted by atomic mass is 16.3. The number of hydrogen-bond acceptors (Lipinski definition) is 2. The summed E-state index contributed by atoms with van der Waals surface area (Å²) in [5.74, 6) is -0.101. The number of amides is 1. The second kappa shape index (κ2) is 5.31. The molecule has 3 nitrogen and oxygen atoms in total. The van der Waals surface area contributed by atoms with Gasteiger partial charge in [0.2, 0.25) is 0 Å². The highest BCUT2D eigenvalue weighted by molar-refractivity contribution is 6.01. The molecule has 1 atom stereocenters. The van der Waals surface area contributed by atoms with E-state index in [4.69, 9.17) is 0 Å². The number of carbonyl (C=O) groups excluding carboxylic acids is 1. The molecule has 0 aromatic heterocycles. The van der Waals surface area contributed by atoms with Crippen LogP contribution >= 0.6 is 0 Å². The lowest BCUT2D eigenvalue weighted by atomic mass is 10.0. The molecule has 0 spiro atoms. The van der Waals surface area contributed by atoms with Crippen molar-refractivity contribution in [1.29, 1.82) is 0 Å². The first-order chi connectivity index (χ1) is 9.04. The highest BCUT2D eigenvalue weighted by Gasteiger charge is 2.19. The van der Waals surface area contributed by atoms with Crippen molar-refractivity contribution in [3.8, 4) is 5.75 Å². The summed E-state index contributed by atoms with van der Waals surface area (Å²) >= 11 is 0. The van der Waals surface area contributed by atoms with Gasteiger partial charge in [-0.3, -0.25) is 4.79 Å². The van der Waals surface area contributed by atoms with Crippen LogP contribution in [0.1, 0.15) is 30.6 Å². The Hall–Kier alpha value is -2.03. The topological polar surface area (TPSA) is 40.5 Å². The van der Waals surface area contributed by atoms with Crippen LogP contribution < -0.4 is 0 Å². The normalized spacial score (nSPS) is 12.4. The summed E-state index contributed by atoms with van der Waals surface area (Å²) in [7, 11) is 1.77. The number of rotatable bonds is 3. The summed E-state index contributed by atoms with van der Waals surface area (Å²) in [5, 5.41) is 11.9. The van der Waals surface area contributed by atoms with E-state index in [1.54, 1.807) is 24.1 Å². The molecule has 1 N–H and O–H groups in total. The minimum Gasteiger partial charge on any atom is -0.507 e. The lowest BCUT2D eigenvalue weighted by molar-refractivity contribution is 0.0737. The van der Waals surface area contributed by atoms with Crippen LogP contribution in [0.3, 0.4) is 0 Å². The first-order valence-corrected chi connectivity index (χ1v) is 6.53. The van der Waals surface area contributed by atoms with Gasteiger partial charge in [-0.1, -0.05) is 31.2 Å². The second-order valence-electron chi connectivity index (χ2n) is 4.89. The van der Waals surface area contributed by atoms with Crippen molar-refractivity contribution in [2.75, 3.05) is 7.05 Å². The Balaban J connectivity index is 2.44. The first-order valence-electron chi connectivity index (χ1n) is 6.53. The maximum absolute atomic E-state index is 12.4. The molecule has 0 aliphatic rings. The molecule has 100 valence electrons. The smallest absolute Gasteiger partial charge is 0.257 e. The van der Waals surface area contributed by atoms with E-state index in [-0.39, 0.29) is 17.7 Å². The standard InChI is InChI=1S/C16H19NO2/c1-4-11(2)17(3)16(19)14-9-12-7-5-6-8-13(12)10-15(14)18/h5-11,18H,4H2,1-3H3. The fourth-order valence-electron chi connectivity index (χ4n) is 2.06. The SMILES string of the molecule is CCC(C)N(C)C(=O)c1cc2ccccc2cc1O. The third-order valence-corrected chi connectivity index (χ3v) is 3.67. The van der Waals surface area contributed by atoms with Gasteiger partial charge in [-0.25, -0.2) is 0 Å². The third-order valence-electron chi connectivity index (χ3n) is 3.67. The summed E-state index contributed by atoms with van der Waals surface area (Å²) in [6.07, 6.45) is 0.885. The molecular formula is C16H19NO2. The molecule has 0 aliphatic heterocycles. The van der Waals surface area contributed by atoms with Gasteiger partial charge in [0.25, 0.3) is 5.91 Å². The number of nitrogens with zero attached hydrogens (tertiary/aromatic N) is 1. The summed E-state index contributed by atoms with van der Waals surface area (Å²) in [4.78, 5) is 14.0. The quantitative estimate of drug-likeness (QED) is 0.915. The third kappa shape index (κ3) is 2.55. The average Bonchev–Trinajstić information content (AvgIpc) is 2.44. The van der Waals surface area contributed by atoms with Gasteiger partial charge < -0.3 is 10.0 Å². The Labute approximate surface area is 113 Å². The zero-order valence-electron chi connectivity index (χ0n) is 11.6. The largest absolute Gasteiger partial charge is 0.507 e. The lowest BCUT2D eigenvalue weighted by Crippen LogP contribution is -2.34. The Kier molecular flexibility index (Phi) is 3.74. The minimum absolute atomic E-state index is 0.0406. The van der Waals surface area contributed by atoms with E-state index in [0.717, 1.165) is 17.2 Å². The van der Waals surface area contributed by atoms with Crippen LogP contribution in [0.25, 0.3) is 10.8 Å². The summed E-state index contributed by atoms with van der Waals surface area (Å²) < 4.78 is 0. The molecule has 1 unspecified atom stereocenters. The van der Waals surface area contributed by atoms with Crippen LogP contribution in [0, 0.1) is 0 Å². The summed E-state index contributed by atoms with van der Waals surface area (Å²) in [6, 6.07) is 11.2. The number of benzene rings is 2. The molecule has 3 heteroatoms. The van der Waals surface area contributed by atoms with Crippen LogP contribution in [0.5, 0.6) is 5.75 Å². The Morgan fingerprint density at radius 2 is 1.84 bits per heavy atom. The molecular weight excluding hydrogens is 238 g/mol. The predicted octanol–water partition coefficient (Wildman–Crippen LogP) is 3.42. The number of hydrogen-bond donors (Lipinski definition) is 1. The van der Waals surface area contributed by atoms with Crippen LogP contribution in [0.2, 0.25) is 0 Å². The zero-order chi connectivity index (χ0) is 14.0. The second-order valence-corrected chi connectivity index (χ2v) is 4.89. The van der Waals surface area contributed by atoms with Crippen molar-refractivity contribution in [1.82, 2.24) is 4.90 Å². The molecule has 2 rings (SSSR count). The van der Waals surface area contributed by atoms with Crippen molar-refractivity contribution >= 4 is 16.7 Å². The summed E-state index contributed by atoms with van der Waals surface area (Å²) in [6.45, 7) is 4.03. The Morgan fingerprint density at radius 1 is 1.26 bits per heavy atom. The Bertz CT molecular complexity index is 607. The molecule has 0 fully saturated rings. The van der Waals surface area contributed by atoms with Crippen LogP contribution in [-0.2, 0) is 0 Å². The van der Waals surface area contributed by atoms with Gasteiger partial charge in [0.1, 0.15) is 5.75 Å². The minimum atomic E-state index is -0.141. The summed E-state index contributed by atoms with van der Waals surface area (Å²) in [5.41, 5.74) is 0.363. The lowest BCUT2D eigenvalue weighted by Gasteiger charge is -2.24. The zero-order valence-corrected chi connectivity index (χ0v) is 11.6. The molecule has 0 saturated heterocycles. The van der Waals surface area contributed by atoms with Crippen molar-refractivity contribution in [3.05, 3.63) is 42.0 Å². The molecule has 0 saturated carbocycles. The van der Waals surface area contributed by atoms with Gasteiger partial charge in [-0.15, -0.1) is 0 Å².